The van der Waals surface area contributed by atoms with Crippen LogP contribution in [0.3, 0.4) is 0 Å². The third kappa shape index (κ3) is 3.09. The van der Waals surface area contributed by atoms with Gasteiger partial charge in [-0.1, -0.05) is 20.8 Å². The summed E-state index contributed by atoms with van der Waals surface area (Å²) < 4.78 is 61.6. The number of aromatic nitrogens is 1. The van der Waals surface area contributed by atoms with E-state index >= 15 is 0 Å². The second-order valence-corrected chi connectivity index (χ2v) is 10.3. The normalized spacial score (nSPS) is 23.5. The van der Waals surface area contributed by atoms with Crippen molar-refractivity contribution in [3.8, 4) is 0 Å². The fourth-order valence-corrected chi connectivity index (χ4v) is 4.79. The van der Waals surface area contributed by atoms with Crippen molar-refractivity contribution in [3.63, 3.8) is 0 Å². The van der Waals surface area contributed by atoms with Crippen molar-refractivity contribution in [2.45, 2.75) is 49.1 Å². The summed E-state index contributed by atoms with van der Waals surface area (Å²) in [7, 11) is -5.54. The molecule has 4 rings (SSSR count). The summed E-state index contributed by atoms with van der Waals surface area (Å²) in [5.74, 6) is -0.524. The van der Waals surface area contributed by atoms with Crippen molar-refractivity contribution >= 4 is 33.2 Å². The molecule has 1 aromatic carbocycles. The van der Waals surface area contributed by atoms with Crippen LogP contribution in [0.1, 0.15) is 38.8 Å². The van der Waals surface area contributed by atoms with Crippen LogP contribution in [0.4, 0.5) is 29.3 Å². The molecule has 2 aliphatic rings. The van der Waals surface area contributed by atoms with E-state index in [-0.39, 0.29) is 17.5 Å². The number of pyridine rings is 1. The molecular formula is C21H20F3N3O4S. The molecule has 2 fully saturated rings. The lowest BCUT2D eigenvalue weighted by Crippen LogP contribution is -2.39. The molecular weight excluding hydrogens is 447 g/mol. The molecule has 1 aliphatic heterocycles. The number of rotatable bonds is 4. The summed E-state index contributed by atoms with van der Waals surface area (Å²) >= 11 is 0. The zero-order valence-corrected chi connectivity index (χ0v) is 18.2. The molecule has 7 nitrogen and oxygen atoms in total. The Morgan fingerprint density at radius 2 is 1.69 bits per heavy atom. The van der Waals surface area contributed by atoms with Crippen LogP contribution in [-0.2, 0) is 14.6 Å². The van der Waals surface area contributed by atoms with E-state index in [0.29, 0.717) is 12.1 Å². The highest BCUT2D eigenvalue weighted by molar-refractivity contribution is 7.92. The molecule has 2 heterocycles. The Balaban J connectivity index is 1.74. The maximum atomic E-state index is 13.4. The molecule has 2 atom stereocenters. The number of nitrogens with zero attached hydrogens (tertiary/aromatic N) is 3. The Labute approximate surface area is 182 Å². The summed E-state index contributed by atoms with van der Waals surface area (Å²) in [6.45, 7) is 5.73. The number of hydrogen-bond donors (Lipinski definition) is 0. The number of urea groups is 1. The fourth-order valence-electron chi connectivity index (χ4n) is 4.03. The van der Waals surface area contributed by atoms with Gasteiger partial charge < -0.3 is 0 Å². The van der Waals surface area contributed by atoms with Gasteiger partial charge in [-0.15, -0.1) is 0 Å². The first-order valence-electron chi connectivity index (χ1n) is 9.88. The van der Waals surface area contributed by atoms with Gasteiger partial charge in [-0.05, 0) is 54.7 Å². The molecule has 3 amide bonds. The topological polar surface area (TPSA) is 87.7 Å². The Morgan fingerprint density at radius 3 is 2.19 bits per heavy atom. The molecule has 11 heteroatoms. The van der Waals surface area contributed by atoms with E-state index in [1.807, 2.05) is 20.8 Å². The number of hydrogen-bond acceptors (Lipinski definition) is 5. The van der Waals surface area contributed by atoms with E-state index < -0.39 is 37.7 Å². The molecule has 32 heavy (non-hydrogen) atoms. The molecule has 1 saturated heterocycles. The van der Waals surface area contributed by atoms with E-state index in [1.54, 1.807) is 18.3 Å². The predicted octanol–water partition coefficient (Wildman–Crippen LogP) is 4.25. The fraction of sp³-hybridized carbons (Fsp3) is 0.381. The van der Waals surface area contributed by atoms with Crippen LogP contribution >= 0.6 is 0 Å². The summed E-state index contributed by atoms with van der Waals surface area (Å²) in [6, 6.07) is 6.28. The zero-order chi connectivity index (χ0) is 23.6. The second-order valence-electron chi connectivity index (χ2n) is 8.32. The molecule has 1 spiro atoms. The first-order valence-corrected chi connectivity index (χ1v) is 11.4. The molecule has 1 saturated carbocycles. The van der Waals surface area contributed by atoms with Gasteiger partial charge in [-0.2, -0.15) is 13.2 Å². The van der Waals surface area contributed by atoms with Crippen LogP contribution in [0.5, 0.6) is 0 Å². The van der Waals surface area contributed by atoms with Crippen LogP contribution in [0.2, 0.25) is 0 Å². The van der Waals surface area contributed by atoms with Gasteiger partial charge in [0.2, 0.25) is 0 Å². The minimum Gasteiger partial charge on any atom is -0.278 e. The molecule has 2 unspecified atom stereocenters. The maximum Gasteiger partial charge on any atom is 0.501 e. The van der Waals surface area contributed by atoms with Crippen molar-refractivity contribution in [1.29, 1.82) is 0 Å². The van der Waals surface area contributed by atoms with Gasteiger partial charge in [0.1, 0.15) is 5.54 Å². The number of amides is 3. The quantitative estimate of drug-likeness (QED) is 0.628. The lowest BCUT2D eigenvalue weighted by Gasteiger charge is -2.23. The highest BCUT2D eigenvalue weighted by Crippen LogP contribution is 2.55. The highest BCUT2D eigenvalue weighted by atomic mass is 32.2. The van der Waals surface area contributed by atoms with Gasteiger partial charge >= 0.3 is 11.5 Å². The standard InChI is InChI=1S/C21H20F3N3O4S/c1-12(2)17-10-15(8-9-25-17)27-19(29)26(18(28)20(27)11-13(20)3)14-4-6-16(7-5-14)32(30,31)21(22,23)24/h4-10,12-13H,11H2,1-3H3. The number of benzene rings is 1. The summed E-state index contributed by atoms with van der Waals surface area (Å²) in [4.78, 5) is 32.3. The molecule has 0 radical (unpaired) electrons. The maximum absolute atomic E-state index is 13.4. The summed E-state index contributed by atoms with van der Waals surface area (Å²) in [5, 5.41) is 0. The number of anilines is 2. The number of carbonyl (C=O) groups is 2. The largest absolute Gasteiger partial charge is 0.501 e. The van der Waals surface area contributed by atoms with Crippen molar-refractivity contribution in [3.05, 3.63) is 48.3 Å². The monoisotopic (exact) mass is 467 g/mol. The van der Waals surface area contributed by atoms with Crippen LogP contribution in [-0.4, -0.2) is 36.4 Å². The first kappa shape index (κ1) is 22.3. The van der Waals surface area contributed by atoms with Crippen molar-refractivity contribution in [1.82, 2.24) is 4.98 Å². The Hall–Kier alpha value is -2.95. The summed E-state index contributed by atoms with van der Waals surface area (Å²) in [5.41, 5.74) is -5.28. The zero-order valence-electron chi connectivity index (χ0n) is 17.4. The van der Waals surface area contributed by atoms with Gasteiger partial charge in [-0.25, -0.2) is 18.1 Å². The average Bonchev–Trinajstić information content (AvgIpc) is 3.33. The number of halogens is 3. The average molecular weight is 467 g/mol. The number of sulfone groups is 1. The lowest BCUT2D eigenvalue weighted by atomic mass is 10.1. The van der Waals surface area contributed by atoms with E-state index in [2.05, 4.69) is 4.98 Å². The Morgan fingerprint density at radius 1 is 1.09 bits per heavy atom. The Kier molecular flexibility index (Phi) is 4.89. The van der Waals surface area contributed by atoms with E-state index in [0.717, 1.165) is 34.9 Å². The minimum absolute atomic E-state index is 0.000221. The molecule has 170 valence electrons. The number of imide groups is 1. The Bertz CT molecular complexity index is 1210. The van der Waals surface area contributed by atoms with Gasteiger partial charge in [0, 0.05) is 11.9 Å². The van der Waals surface area contributed by atoms with Gasteiger partial charge in [0.05, 0.1) is 16.3 Å². The molecule has 0 N–H and O–H groups in total. The van der Waals surface area contributed by atoms with Crippen molar-refractivity contribution in [2.24, 2.45) is 5.92 Å². The predicted molar refractivity (Wildman–Crippen MR) is 110 cm³/mol. The van der Waals surface area contributed by atoms with Gasteiger partial charge in [0.15, 0.2) is 0 Å². The molecule has 1 aliphatic carbocycles. The smallest absolute Gasteiger partial charge is 0.278 e. The third-order valence-corrected chi connectivity index (χ3v) is 7.45. The van der Waals surface area contributed by atoms with Crippen LogP contribution in [0, 0.1) is 5.92 Å². The van der Waals surface area contributed by atoms with Gasteiger partial charge in [0.25, 0.3) is 15.7 Å². The van der Waals surface area contributed by atoms with Crippen LogP contribution in [0.25, 0.3) is 0 Å². The highest BCUT2D eigenvalue weighted by Gasteiger charge is 2.70. The molecule has 0 bridgehead atoms. The van der Waals surface area contributed by atoms with E-state index in [4.69, 9.17) is 0 Å². The first-order chi connectivity index (χ1) is 14.8. The van der Waals surface area contributed by atoms with Crippen LogP contribution < -0.4 is 9.80 Å². The van der Waals surface area contributed by atoms with E-state index in [1.165, 1.54) is 4.90 Å². The number of alkyl halides is 3. The lowest BCUT2D eigenvalue weighted by molar-refractivity contribution is -0.119. The van der Waals surface area contributed by atoms with Crippen molar-refractivity contribution in [2.75, 3.05) is 9.80 Å². The molecule has 2 aromatic rings. The molecule has 1 aromatic heterocycles. The second kappa shape index (κ2) is 7.03. The minimum atomic E-state index is -5.54. The van der Waals surface area contributed by atoms with Gasteiger partial charge in [-0.3, -0.25) is 14.7 Å². The third-order valence-electron chi connectivity index (χ3n) is 5.95. The number of carbonyl (C=O) groups excluding carboxylic acids is 2. The summed E-state index contributed by atoms with van der Waals surface area (Å²) in [6.07, 6.45) is 2.00. The van der Waals surface area contributed by atoms with Crippen LogP contribution in [0.15, 0.2) is 47.5 Å². The van der Waals surface area contributed by atoms with E-state index in [9.17, 15) is 31.2 Å². The SMILES string of the molecule is CC(C)c1cc(N2C(=O)N(c3ccc(S(=O)(=O)C(F)(F)F)cc3)C(=O)C23CC3C)ccn1. The van der Waals surface area contributed by atoms with Crippen molar-refractivity contribution < 1.29 is 31.2 Å².